The molecule has 2 rings (SSSR count). The Balaban J connectivity index is 2.04. The second kappa shape index (κ2) is 8.53. The number of hydrogen-bond acceptors (Lipinski definition) is 6. The maximum atomic E-state index is 12.4. The molecule has 1 amide bonds. The van der Waals surface area contributed by atoms with E-state index < -0.39 is 35.7 Å². The number of carbonyl (C=O) groups excluding carboxylic acids is 2. The van der Waals surface area contributed by atoms with E-state index in [-0.39, 0.29) is 5.92 Å². The van der Waals surface area contributed by atoms with Crippen LogP contribution in [0.4, 0.5) is 0 Å². The van der Waals surface area contributed by atoms with E-state index in [0.29, 0.717) is 24.0 Å². The molecule has 0 spiro atoms. The zero-order valence-corrected chi connectivity index (χ0v) is 15.7. The highest BCUT2D eigenvalue weighted by atomic mass is 16.5. The predicted molar refractivity (Wildman–Crippen MR) is 99.6 cm³/mol. The first-order valence-corrected chi connectivity index (χ1v) is 8.77. The summed E-state index contributed by atoms with van der Waals surface area (Å²) in [5.41, 5.74) is 6.05. The van der Waals surface area contributed by atoms with Crippen molar-refractivity contribution in [2.75, 3.05) is 7.11 Å². The number of aliphatic hydroxyl groups is 2. The number of methoxy groups -OCH3 is 1. The molecule has 0 saturated heterocycles. The van der Waals surface area contributed by atoms with Crippen LogP contribution in [-0.2, 0) is 9.53 Å². The molecule has 0 aliphatic heterocycles. The van der Waals surface area contributed by atoms with Crippen molar-refractivity contribution >= 4 is 11.9 Å². The van der Waals surface area contributed by atoms with E-state index in [2.05, 4.69) is 17.2 Å². The Morgan fingerprint density at radius 1 is 1.22 bits per heavy atom. The number of nitrogens with one attached hydrogen (secondary N) is 1. The molecule has 1 aliphatic carbocycles. The number of aliphatic hydroxyl groups excluding tert-OH is 2. The van der Waals surface area contributed by atoms with Crippen LogP contribution >= 0.6 is 0 Å². The van der Waals surface area contributed by atoms with Crippen molar-refractivity contribution in [3.05, 3.63) is 35.4 Å². The minimum atomic E-state index is -0.982. The average molecular weight is 374 g/mol. The molecule has 0 bridgehead atoms. The average Bonchev–Trinajstić information content (AvgIpc) is 2.94. The molecule has 0 aromatic heterocycles. The van der Waals surface area contributed by atoms with Gasteiger partial charge in [0.05, 0.1) is 19.3 Å². The van der Waals surface area contributed by atoms with Gasteiger partial charge in [0.15, 0.2) is 0 Å². The van der Waals surface area contributed by atoms with Crippen molar-refractivity contribution in [3.8, 4) is 11.8 Å². The summed E-state index contributed by atoms with van der Waals surface area (Å²) in [6, 6.07) is 5.63. The van der Waals surface area contributed by atoms with Gasteiger partial charge in [-0.3, -0.25) is 4.79 Å². The lowest BCUT2D eigenvalue weighted by Gasteiger charge is -2.28. The summed E-state index contributed by atoms with van der Waals surface area (Å²) in [4.78, 5) is 24.3. The summed E-state index contributed by atoms with van der Waals surface area (Å²) in [6.45, 7) is 3.26. The fourth-order valence-corrected chi connectivity index (χ4v) is 2.88. The highest BCUT2D eigenvalue weighted by molar-refractivity contribution is 5.97. The number of esters is 1. The van der Waals surface area contributed by atoms with Gasteiger partial charge in [-0.15, -0.1) is 0 Å². The molecule has 4 atom stereocenters. The van der Waals surface area contributed by atoms with Crippen LogP contribution in [0.5, 0.6) is 0 Å². The number of hydrogen-bond donors (Lipinski definition) is 4. The van der Waals surface area contributed by atoms with Crippen LogP contribution in [0.3, 0.4) is 0 Å². The Kier molecular flexibility index (Phi) is 6.60. The van der Waals surface area contributed by atoms with Gasteiger partial charge in [-0.2, -0.15) is 0 Å². The zero-order valence-electron chi connectivity index (χ0n) is 15.7. The number of nitrogens with two attached hydrogens (primary N) is 1. The standard InChI is InChI=1S/C20H26N2O5/c1-20(2,21)17(19(26)27-3)22-18(25)14-8-6-12(7-9-14)4-5-13-10-15(23)16(24)11-13/h6-9,13,15-17,23-24H,10-11,21H2,1-3H3,(H,22,25)/t13?,15-,16+,17-/m1/s1. The normalized spacial score (nSPS) is 23.1. The van der Waals surface area contributed by atoms with E-state index in [1.54, 1.807) is 38.1 Å². The highest BCUT2D eigenvalue weighted by Gasteiger charge is 2.34. The molecule has 1 fully saturated rings. The molecule has 1 saturated carbocycles. The van der Waals surface area contributed by atoms with E-state index in [1.807, 2.05) is 0 Å². The molecule has 5 N–H and O–H groups in total. The zero-order chi connectivity index (χ0) is 20.2. The number of carbonyl (C=O) groups is 2. The summed E-state index contributed by atoms with van der Waals surface area (Å²) in [5, 5.41) is 21.7. The van der Waals surface area contributed by atoms with Gasteiger partial charge in [0, 0.05) is 22.6 Å². The van der Waals surface area contributed by atoms with Gasteiger partial charge < -0.3 is 26.0 Å². The number of ether oxygens (including phenoxy) is 1. The molecular formula is C20H26N2O5. The third-order valence-corrected chi connectivity index (χ3v) is 4.52. The summed E-state index contributed by atoms with van der Waals surface area (Å²) in [6.07, 6.45) is -0.522. The van der Waals surface area contributed by atoms with Crippen molar-refractivity contribution in [3.63, 3.8) is 0 Å². The lowest BCUT2D eigenvalue weighted by molar-refractivity contribution is -0.144. The van der Waals surface area contributed by atoms with E-state index in [0.717, 1.165) is 0 Å². The predicted octanol–water partition coefficient (Wildman–Crippen LogP) is 0.179. The van der Waals surface area contributed by atoms with Crippen LogP contribution in [-0.4, -0.2) is 53.0 Å². The lowest BCUT2D eigenvalue weighted by Crippen LogP contribution is -2.59. The number of rotatable bonds is 4. The third kappa shape index (κ3) is 5.54. The van der Waals surface area contributed by atoms with Crippen molar-refractivity contribution < 1.29 is 24.5 Å². The first kappa shape index (κ1) is 20.9. The van der Waals surface area contributed by atoms with Crippen molar-refractivity contribution in [1.82, 2.24) is 5.32 Å². The SMILES string of the molecule is COC(=O)[C@@H](NC(=O)c1ccc(C#CC2C[C@@H](O)[C@@H](O)C2)cc1)C(C)(C)N. The summed E-state index contributed by atoms with van der Waals surface area (Å²) in [7, 11) is 1.24. The first-order chi connectivity index (χ1) is 12.6. The number of benzene rings is 1. The van der Waals surface area contributed by atoms with E-state index >= 15 is 0 Å². The van der Waals surface area contributed by atoms with Crippen molar-refractivity contribution in [2.45, 2.75) is 50.5 Å². The Bertz CT molecular complexity index is 732. The Hall–Kier alpha value is -2.40. The smallest absolute Gasteiger partial charge is 0.330 e. The molecule has 7 heteroatoms. The highest BCUT2D eigenvalue weighted by Crippen LogP contribution is 2.25. The van der Waals surface area contributed by atoms with Gasteiger partial charge in [0.25, 0.3) is 5.91 Å². The second-order valence-corrected chi connectivity index (χ2v) is 7.40. The fourth-order valence-electron chi connectivity index (χ4n) is 2.88. The number of amides is 1. The Morgan fingerprint density at radius 2 is 1.78 bits per heavy atom. The second-order valence-electron chi connectivity index (χ2n) is 7.40. The molecule has 27 heavy (non-hydrogen) atoms. The largest absolute Gasteiger partial charge is 0.467 e. The molecule has 0 radical (unpaired) electrons. The van der Waals surface area contributed by atoms with Gasteiger partial charge in [-0.05, 0) is 51.0 Å². The Labute approximate surface area is 158 Å². The Morgan fingerprint density at radius 3 is 2.26 bits per heavy atom. The third-order valence-electron chi connectivity index (χ3n) is 4.52. The summed E-state index contributed by atoms with van der Waals surface area (Å²) >= 11 is 0. The monoisotopic (exact) mass is 374 g/mol. The van der Waals surface area contributed by atoms with Crippen LogP contribution < -0.4 is 11.1 Å². The van der Waals surface area contributed by atoms with Gasteiger partial charge in [-0.25, -0.2) is 4.79 Å². The molecule has 1 aliphatic rings. The van der Waals surface area contributed by atoms with E-state index in [4.69, 9.17) is 10.5 Å². The van der Waals surface area contributed by atoms with Crippen LogP contribution in [0.1, 0.15) is 42.6 Å². The maximum absolute atomic E-state index is 12.4. The van der Waals surface area contributed by atoms with Crippen LogP contribution in [0.15, 0.2) is 24.3 Å². The van der Waals surface area contributed by atoms with Gasteiger partial charge in [0.2, 0.25) is 0 Å². The molecule has 1 unspecified atom stereocenters. The minimum Gasteiger partial charge on any atom is -0.467 e. The summed E-state index contributed by atoms with van der Waals surface area (Å²) in [5.74, 6) is 4.92. The molecule has 0 heterocycles. The van der Waals surface area contributed by atoms with Gasteiger partial charge in [-0.1, -0.05) is 11.8 Å². The lowest BCUT2D eigenvalue weighted by atomic mass is 9.95. The van der Waals surface area contributed by atoms with Crippen molar-refractivity contribution in [1.29, 1.82) is 0 Å². The van der Waals surface area contributed by atoms with E-state index in [9.17, 15) is 19.8 Å². The minimum absolute atomic E-state index is 0.0504. The maximum Gasteiger partial charge on any atom is 0.330 e. The first-order valence-electron chi connectivity index (χ1n) is 8.77. The molecular weight excluding hydrogens is 348 g/mol. The quantitative estimate of drug-likeness (QED) is 0.441. The van der Waals surface area contributed by atoms with Crippen molar-refractivity contribution in [2.24, 2.45) is 11.7 Å². The van der Waals surface area contributed by atoms with Crippen LogP contribution in [0, 0.1) is 17.8 Å². The van der Waals surface area contributed by atoms with Crippen LogP contribution in [0.2, 0.25) is 0 Å². The van der Waals surface area contributed by atoms with Crippen LogP contribution in [0.25, 0.3) is 0 Å². The topological polar surface area (TPSA) is 122 Å². The molecule has 146 valence electrons. The van der Waals surface area contributed by atoms with E-state index in [1.165, 1.54) is 7.11 Å². The summed E-state index contributed by atoms with van der Waals surface area (Å²) < 4.78 is 4.70. The fraction of sp³-hybridized carbons (Fsp3) is 0.500. The molecule has 7 nitrogen and oxygen atoms in total. The molecule has 1 aromatic rings. The van der Waals surface area contributed by atoms with Gasteiger partial charge >= 0.3 is 5.97 Å². The molecule has 1 aromatic carbocycles. The van der Waals surface area contributed by atoms with Gasteiger partial charge in [0.1, 0.15) is 6.04 Å².